The van der Waals surface area contributed by atoms with Crippen molar-refractivity contribution < 1.29 is 4.74 Å². The van der Waals surface area contributed by atoms with Gasteiger partial charge in [-0.15, -0.1) is 0 Å². The maximum absolute atomic E-state index is 6.10. The van der Waals surface area contributed by atoms with E-state index < -0.39 is 0 Å². The molecule has 0 saturated heterocycles. The summed E-state index contributed by atoms with van der Waals surface area (Å²) >= 11 is 6.10. The van der Waals surface area contributed by atoms with Crippen LogP contribution in [0.3, 0.4) is 0 Å². The van der Waals surface area contributed by atoms with Crippen LogP contribution in [0, 0.1) is 0 Å². The minimum atomic E-state index is 0.390. The van der Waals surface area contributed by atoms with Crippen LogP contribution >= 0.6 is 11.6 Å². The lowest BCUT2D eigenvalue weighted by Crippen LogP contribution is -1.97. The average molecular weight is 326 g/mol. The molecule has 1 aromatic carbocycles. The summed E-state index contributed by atoms with van der Waals surface area (Å²) in [4.78, 5) is 8.89. The lowest BCUT2D eigenvalue weighted by molar-refractivity contribution is 0.418. The zero-order valence-electron chi connectivity index (χ0n) is 12.7. The number of ether oxygens (including phenoxy) is 1. The van der Waals surface area contributed by atoms with Crippen LogP contribution in [0.5, 0.6) is 5.75 Å². The minimum absolute atomic E-state index is 0.390. The summed E-state index contributed by atoms with van der Waals surface area (Å²) in [6.45, 7) is 0. The van der Waals surface area contributed by atoms with E-state index in [4.69, 9.17) is 27.1 Å². The molecule has 2 N–H and O–H groups in total. The summed E-state index contributed by atoms with van der Waals surface area (Å²) in [5, 5.41) is 1.65. The third kappa shape index (κ3) is 2.59. The number of pyridine rings is 2. The third-order valence-electron chi connectivity index (χ3n) is 4.36. The molecule has 0 spiro atoms. The van der Waals surface area contributed by atoms with Crippen molar-refractivity contribution in [2.45, 2.75) is 18.3 Å². The van der Waals surface area contributed by atoms with Crippen molar-refractivity contribution in [2.24, 2.45) is 0 Å². The van der Waals surface area contributed by atoms with E-state index >= 15 is 0 Å². The van der Waals surface area contributed by atoms with Gasteiger partial charge in [-0.25, -0.2) is 4.98 Å². The van der Waals surface area contributed by atoms with Gasteiger partial charge in [0.25, 0.3) is 0 Å². The molecule has 23 heavy (non-hydrogen) atoms. The van der Waals surface area contributed by atoms with Gasteiger partial charge in [0.1, 0.15) is 11.6 Å². The third-order valence-corrected chi connectivity index (χ3v) is 4.60. The predicted octanol–water partition coefficient (Wildman–Crippen LogP) is 4.15. The highest BCUT2D eigenvalue weighted by molar-refractivity contribution is 6.30. The first-order valence-corrected chi connectivity index (χ1v) is 7.89. The summed E-state index contributed by atoms with van der Waals surface area (Å²) in [5.41, 5.74) is 8.90. The van der Waals surface area contributed by atoms with Gasteiger partial charge in [0.05, 0.1) is 18.0 Å². The van der Waals surface area contributed by atoms with Crippen LogP contribution in [-0.2, 0) is 0 Å². The number of hydrogen-bond acceptors (Lipinski definition) is 4. The molecule has 2 atom stereocenters. The molecule has 2 aromatic heterocycles. The van der Waals surface area contributed by atoms with E-state index in [2.05, 4.69) is 11.1 Å². The zero-order chi connectivity index (χ0) is 16.0. The Hall–Kier alpha value is -2.33. The van der Waals surface area contributed by atoms with Gasteiger partial charge in [-0.2, -0.15) is 0 Å². The summed E-state index contributed by atoms with van der Waals surface area (Å²) < 4.78 is 5.50. The van der Waals surface area contributed by atoms with Crippen LogP contribution < -0.4 is 10.5 Å². The number of nitrogen functional groups attached to an aromatic ring is 1. The van der Waals surface area contributed by atoms with E-state index in [0.29, 0.717) is 17.7 Å². The second kappa shape index (κ2) is 5.39. The van der Waals surface area contributed by atoms with Gasteiger partial charge in [-0.3, -0.25) is 4.98 Å². The van der Waals surface area contributed by atoms with Crippen molar-refractivity contribution in [2.75, 3.05) is 12.8 Å². The highest BCUT2D eigenvalue weighted by atomic mass is 35.5. The van der Waals surface area contributed by atoms with Gasteiger partial charge >= 0.3 is 0 Å². The van der Waals surface area contributed by atoms with E-state index in [1.165, 1.54) is 5.56 Å². The van der Waals surface area contributed by atoms with E-state index in [9.17, 15) is 0 Å². The van der Waals surface area contributed by atoms with Gasteiger partial charge in [-0.1, -0.05) is 23.7 Å². The Bertz CT molecular complexity index is 897. The van der Waals surface area contributed by atoms with Gasteiger partial charge in [0.15, 0.2) is 0 Å². The van der Waals surface area contributed by atoms with Gasteiger partial charge < -0.3 is 10.5 Å². The fourth-order valence-corrected chi connectivity index (χ4v) is 3.31. The molecule has 0 aliphatic heterocycles. The Morgan fingerprint density at radius 3 is 2.87 bits per heavy atom. The van der Waals surface area contributed by atoms with E-state index in [1.54, 1.807) is 19.4 Å². The molecule has 116 valence electrons. The standard InChI is InChI=1S/C18H16ClN3O/c1-23-17-7-15(22-16-8-18(20)21-9-14(16)17)13-6-12(13)10-3-2-4-11(19)5-10/h2-5,7-9,12-13H,6H2,1H3,(H2,20,21)/t12-,13+/m1/s1. The Balaban J connectivity index is 1.73. The molecule has 3 aromatic rings. The number of anilines is 1. The minimum Gasteiger partial charge on any atom is -0.496 e. The fraction of sp³-hybridized carbons (Fsp3) is 0.222. The van der Waals surface area contributed by atoms with Crippen LogP contribution in [-0.4, -0.2) is 17.1 Å². The smallest absolute Gasteiger partial charge is 0.131 e. The number of nitrogens with zero attached hydrogens (tertiary/aromatic N) is 2. The molecule has 4 nitrogen and oxygen atoms in total. The molecule has 0 radical (unpaired) electrons. The molecule has 0 bridgehead atoms. The summed E-state index contributed by atoms with van der Waals surface area (Å²) in [7, 11) is 1.66. The molecule has 1 fully saturated rings. The van der Waals surface area contributed by atoms with Crippen LogP contribution in [0.15, 0.2) is 42.6 Å². The van der Waals surface area contributed by atoms with Gasteiger partial charge in [0, 0.05) is 35.0 Å². The molecule has 5 heteroatoms. The van der Waals surface area contributed by atoms with Crippen LogP contribution in [0.1, 0.15) is 29.5 Å². The summed E-state index contributed by atoms with van der Waals surface area (Å²) in [6.07, 6.45) is 2.78. The highest BCUT2D eigenvalue weighted by Crippen LogP contribution is 2.55. The van der Waals surface area contributed by atoms with E-state index in [-0.39, 0.29) is 0 Å². The predicted molar refractivity (Wildman–Crippen MR) is 92.1 cm³/mol. The Labute approximate surface area is 139 Å². The second-order valence-corrected chi connectivity index (χ2v) is 6.32. The van der Waals surface area contributed by atoms with Crippen molar-refractivity contribution in [3.05, 3.63) is 58.9 Å². The average Bonchev–Trinajstić information content (AvgIpc) is 3.34. The highest BCUT2D eigenvalue weighted by Gasteiger charge is 2.41. The van der Waals surface area contributed by atoms with Crippen molar-refractivity contribution >= 4 is 28.3 Å². The maximum Gasteiger partial charge on any atom is 0.131 e. The molecule has 0 amide bonds. The fourth-order valence-electron chi connectivity index (χ4n) is 3.11. The number of benzene rings is 1. The Morgan fingerprint density at radius 2 is 2.09 bits per heavy atom. The molecule has 0 unspecified atom stereocenters. The van der Waals surface area contributed by atoms with Crippen molar-refractivity contribution in [1.82, 2.24) is 9.97 Å². The molecule has 1 saturated carbocycles. The normalized spacial score (nSPS) is 19.7. The Kier molecular flexibility index (Phi) is 3.34. The maximum atomic E-state index is 6.10. The quantitative estimate of drug-likeness (QED) is 0.786. The molecular weight excluding hydrogens is 310 g/mol. The van der Waals surface area contributed by atoms with E-state index in [1.807, 2.05) is 24.3 Å². The van der Waals surface area contributed by atoms with Crippen LogP contribution in [0.25, 0.3) is 10.9 Å². The molecule has 1 aliphatic rings. The number of hydrogen-bond donors (Lipinski definition) is 1. The molecule has 1 aliphatic carbocycles. The van der Waals surface area contributed by atoms with Gasteiger partial charge in [-0.05, 0) is 30.0 Å². The number of methoxy groups -OCH3 is 1. The molecule has 4 rings (SSSR count). The zero-order valence-corrected chi connectivity index (χ0v) is 13.4. The van der Waals surface area contributed by atoms with Gasteiger partial charge in [0.2, 0.25) is 0 Å². The molecule has 2 heterocycles. The molecular formula is C18H16ClN3O. The van der Waals surface area contributed by atoms with Crippen LogP contribution in [0.2, 0.25) is 5.02 Å². The summed E-state index contributed by atoms with van der Waals surface area (Å²) in [6, 6.07) is 11.8. The number of halogens is 1. The largest absolute Gasteiger partial charge is 0.496 e. The first-order valence-electron chi connectivity index (χ1n) is 7.51. The number of aromatic nitrogens is 2. The first kappa shape index (κ1) is 14.3. The second-order valence-electron chi connectivity index (χ2n) is 5.88. The first-order chi connectivity index (χ1) is 11.2. The van der Waals surface area contributed by atoms with Crippen molar-refractivity contribution in [1.29, 1.82) is 0 Å². The summed E-state index contributed by atoms with van der Waals surface area (Å²) in [5.74, 6) is 2.10. The van der Waals surface area contributed by atoms with Crippen LogP contribution in [0.4, 0.5) is 5.82 Å². The van der Waals surface area contributed by atoms with Crippen molar-refractivity contribution in [3.8, 4) is 5.75 Å². The SMILES string of the molecule is COc1cc([C@H]2C[C@@H]2c2cccc(Cl)c2)nc2cc(N)ncc12. The number of rotatable bonds is 3. The monoisotopic (exact) mass is 325 g/mol. The lowest BCUT2D eigenvalue weighted by Gasteiger charge is -2.09. The Morgan fingerprint density at radius 1 is 1.22 bits per heavy atom. The lowest BCUT2D eigenvalue weighted by atomic mass is 10.1. The number of fused-ring (bicyclic) bond motifs is 1. The van der Waals surface area contributed by atoms with E-state index in [0.717, 1.165) is 33.8 Å². The number of nitrogens with two attached hydrogens (primary N) is 1. The topological polar surface area (TPSA) is 61.0 Å². The van der Waals surface area contributed by atoms with Crippen molar-refractivity contribution in [3.63, 3.8) is 0 Å².